The van der Waals surface area contributed by atoms with Gasteiger partial charge in [0, 0.05) is 5.33 Å². The highest BCUT2D eigenvalue weighted by molar-refractivity contribution is 9.09. The third-order valence-electron chi connectivity index (χ3n) is 1.59. The van der Waals surface area contributed by atoms with Gasteiger partial charge in [0.2, 0.25) is 0 Å². The van der Waals surface area contributed by atoms with Crippen molar-refractivity contribution in [2.75, 3.05) is 39.1 Å². The van der Waals surface area contributed by atoms with Crippen LogP contribution in [-0.2, 0) is 0 Å². The zero-order valence-electron chi connectivity index (χ0n) is 7.13. The van der Waals surface area contributed by atoms with Gasteiger partial charge in [-0.3, -0.25) is 0 Å². The third-order valence-corrected chi connectivity index (χ3v) is 2.34. The molecule has 68 valence electrons. The Morgan fingerprint density at radius 2 is 2.00 bits per heavy atom. The van der Waals surface area contributed by atoms with Gasteiger partial charge in [-0.15, -0.1) is 0 Å². The molecule has 0 radical (unpaired) electrons. The Balaban J connectivity index is 3.70. The van der Waals surface area contributed by atoms with E-state index in [2.05, 4.69) is 15.9 Å². The first-order chi connectivity index (χ1) is 5.02. The average molecular weight is 227 g/mol. The molecule has 0 aromatic heterocycles. The molecule has 4 heteroatoms. The highest BCUT2D eigenvalue weighted by Gasteiger charge is 2.18. The number of rotatable bonds is 5. The van der Waals surface area contributed by atoms with Gasteiger partial charge in [0.15, 0.2) is 0 Å². The first-order valence-electron chi connectivity index (χ1n) is 3.69. The van der Waals surface area contributed by atoms with Crippen LogP contribution in [-0.4, -0.2) is 59.9 Å². The van der Waals surface area contributed by atoms with Crippen molar-refractivity contribution in [1.29, 1.82) is 0 Å². The minimum absolute atomic E-state index is 0.169. The van der Waals surface area contributed by atoms with E-state index in [0.29, 0.717) is 22.9 Å². The molecule has 0 aliphatic rings. The van der Waals surface area contributed by atoms with Gasteiger partial charge >= 0.3 is 0 Å². The van der Waals surface area contributed by atoms with Crippen LogP contribution in [0.5, 0.6) is 0 Å². The number of alkyl halides is 1. The summed E-state index contributed by atoms with van der Waals surface area (Å²) in [5.74, 6) is 0. The summed E-state index contributed by atoms with van der Waals surface area (Å²) in [6, 6.07) is 0. The molecule has 0 aromatic carbocycles. The Hall–Kier alpha value is 0.360. The number of aliphatic hydroxyl groups excluding tert-OH is 2. The SMILES string of the molecule is C[N+](C)(CCO)CC(O)CBr. The van der Waals surface area contributed by atoms with E-state index in [9.17, 15) is 5.11 Å². The molecule has 0 aliphatic carbocycles. The lowest BCUT2D eigenvalue weighted by molar-refractivity contribution is -0.893. The number of quaternary nitrogens is 1. The van der Waals surface area contributed by atoms with E-state index in [0.717, 1.165) is 0 Å². The van der Waals surface area contributed by atoms with Crippen molar-refractivity contribution in [3.05, 3.63) is 0 Å². The lowest BCUT2D eigenvalue weighted by atomic mass is 10.3. The van der Waals surface area contributed by atoms with Crippen LogP contribution >= 0.6 is 15.9 Å². The van der Waals surface area contributed by atoms with Gasteiger partial charge in [-0.05, 0) is 0 Å². The fourth-order valence-electron chi connectivity index (χ4n) is 0.981. The lowest BCUT2D eigenvalue weighted by Gasteiger charge is -2.30. The first-order valence-corrected chi connectivity index (χ1v) is 4.81. The maximum absolute atomic E-state index is 9.28. The Morgan fingerprint density at radius 3 is 2.36 bits per heavy atom. The van der Waals surface area contributed by atoms with Crippen LogP contribution < -0.4 is 0 Å². The molecule has 0 aromatic rings. The van der Waals surface area contributed by atoms with Crippen molar-refractivity contribution in [1.82, 2.24) is 0 Å². The van der Waals surface area contributed by atoms with Crippen LogP contribution in [0.1, 0.15) is 0 Å². The smallest absolute Gasteiger partial charge is 0.112 e. The molecular weight excluding hydrogens is 210 g/mol. The fraction of sp³-hybridized carbons (Fsp3) is 1.00. The average Bonchev–Trinajstić information content (AvgIpc) is 1.86. The second-order valence-electron chi connectivity index (χ2n) is 3.37. The highest BCUT2D eigenvalue weighted by Crippen LogP contribution is 2.01. The number of hydrogen-bond donors (Lipinski definition) is 2. The molecule has 0 bridgehead atoms. The number of halogens is 1. The lowest BCUT2D eigenvalue weighted by Crippen LogP contribution is -2.47. The van der Waals surface area contributed by atoms with Gasteiger partial charge in [-0.1, -0.05) is 15.9 Å². The predicted octanol–water partition coefficient (Wildman–Crippen LogP) is -0.189. The van der Waals surface area contributed by atoms with E-state index in [-0.39, 0.29) is 12.7 Å². The van der Waals surface area contributed by atoms with Crippen LogP contribution in [0, 0.1) is 0 Å². The molecule has 0 fully saturated rings. The maximum Gasteiger partial charge on any atom is 0.112 e. The largest absolute Gasteiger partial charge is 0.391 e. The van der Waals surface area contributed by atoms with E-state index in [1.54, 1.807) is 0 Å². The number of aliphatic hydroxyl groups is 2. The van der Waals surface area contributed by atoms with Crippen molar-refractivity contribution >= 4 is 15.9 Å². The van der Waals surface area contributed by atoms with Crippen molar-refractivity contribution in [3.63, 3.8) is 0 Å². The predicted molar refractivity (Wildman–Crippen MR) is 48.7 cm³/mol. The van der Waals surface area contributed by atoms with Gasteiger partial charge < -0.3 is 14.7 Å². The van der Waals surface area contributed by atoms with Crippen molar-refractivity contribution in [2.24, 2.45) is 0 Å². The summed E-state index contributed by atoms with van der Waals surface area (Å²) in [6.07, 6.45) is -0.323. The molecule has 0 saturated heterocycles. The summed E-state index contributed by atoms with van der Waals surface area (Å²) in [5.41, 5.74) is 0. The molecular formula is C7H17BrNO2+. The van der Waals surface area contributed by atoms with E-state index in [1.807, 2.05) is 14.1 Å². The van der Waals surface area contributed by atoms with Gasteiger partial charge in [0.05, 0.1) is 20.7 Å². The standard InChI is InChI=1S/C7H17BrNO2/c1-9(2,3-4-10)6-7(11)5-8/h7,10-11H,3-6H2,1-2H3/q+1. The molecule has 0 heterocycles. The van der Waals surface area contributed by atoms with Gasteiger partial charge in [0.1, 0.15) is 19.2 Å². The molecule has 0 amide bonds. The monoisotopic (exact) mass is 226 g/mol. The summed E-state index contributed by atoms with van der Waals surface area (Å²) in [7, 11) is 3.98. The Labute approximate surface area is 76.4 Å². The molecule has 0 rings (SSSR count). The molecule has 1 atom stereocenters. The Kier molecular flexibility index (Phi) is 5.25. The van der Waals surface area contributed by atoms with Gasteiger partial charge in [-0.25, -0.2) is 0 Å². The Bertz CT molecular complexity index is 109. The number of likely N-dealkylation sites (N-methyl/N-ethyl adjacent to an activating group) is 1. The topological polar surface area (TPSA) is 40.5 Å². The molecule has 3 nitrogen and oxygen atoms in total. The quantitative estimate of drug-likeness (QED) is 0.505. The molecule has 2 N–H and O–H groups in total. The van der Waals surface area contributed by atoms with Crippen molar-refractivity contribution in [3.8, 4) is 0 Å². The van der Waals surface area contributed by atoms with E-state index >= 15 is 0 Å². The highest BCUT2D eigenvalue weighted by atomic mass is 79.9. The van der Waals surface area contributed by atoms with Gasteiger partial charge in [-0.2, -0.15) is 0 Å². The van der Waals surface area contributed by atoms with Crippen molar-refractivity contribution < 1.29 is 14.7 Å². The summed E-state index contributed by atoms with van der Waals surface area (Å²) < 4.78 is 0.656. The maximum atomic E-state index is 9.28. The summed E-state index contributed by atoms with van der Waals surface area (Å²) in [4.78, 5) is 0. The minimum atomic E-state index is -0.323. The Morgan fingerprint density at radius 1 is 1.45 bits per heavy atom. The zero-order chi connectivity index (χ0) is 8.91. The van der Waals surface area contributed by atoms with Crippen molar-refractivity contribution in [2.45, 2.75) is 6.10 Å². The fourth-order valence-corrected chi connectivity index (χ4v) is 1.19. The van der Waals surface area contributed by atoms with Crippen LogP contribution in [0.2, 0.25) is 0 Å². The van der Waals surface area contributed by atoms with Crippen LogP contribution in [0.3, 0.4) is 0 Å². The molecule has 0 saturated carbocycles. The summed E-state index contributed by atoms with van der Waals surface area (Å²) >= 11 is 3.20. The zero-order valence-corrected chi connectivity index (χ0v) is 8.71. The van der Waals surface area contributed by atoms with Crippen LogP contribution in [0.15, 0.2) is 0 Å². The number of nitrogens with zero attached hydrogens (tertiary/aromatic N) is 1. The second kappa shape index (κ2) is 5.09. The van der Waals surface area contributed by atoms with E-state index in [1.165, 1.54) is 0 Å². The second-order valence-corrected chi connectivity index (χ2v) is 4.02. The summed E-state index contributed by atoms with van der Waals surface area (Å²) in [6.45, 7) is 1.53. The molecule has 11 heavy (non-hydrogen) atoms. The van der Waals surface area contributed by atoms with Gasteiger partial charge in [0.25, 0.3) is 0 Å². The molecule has 0 spiro atoms. The normalized spacial score (nSPS) is 15.0. The van der Waals surface area contributed by atoms with Crippen LogP contribution in [0.4, 0.5) is 0 Å². The van der Waals surface area contributed by atoms with E-state index in [4.69, 9.17) is 5.11 Å². The van der Waals surface area contributed by atoms with E-state index < -0.39 is 0 Å². The van der Waals surface area contributed by atoms with Crippen LogP contribution in [0.25, 0.3) is 0 Å². The number of hydrogen-bond acceptors (Lipinski definition) is 2. The summed E-state index contributed by atoms with van der Waals surface area (Å²) in [5, 5.41) is 18.6. The first kappa shape index (κ1) is 11.4. The third kappa shape index (κ3) is 5.61. The minimum Gasteiger partial charge on any atom is -0.391 e. The molecule has 1 unspecified atom stereocenters. The molecule has 0 aliphatic heterocycles.